The maximum absolute atomic E-state index is 2.56. The van der Waals surface area contributed by atoms with Gasteiger partial charge in [-0.15, -0.1) is 0 Å². The molecule has 0 N–H and O–H groups in total. The molecule has 0 aliphatic rings. The summed E-state index contributed by atoms with van der Waals surface area (Å²) in [6.07, 6.45) is 0. The first-order chi connectivity index (χ1) is 23.4. The Morgan fingerprint density at radius 1 is 0.429 bits per heavy atom. The second kappa shape index (κ2) is 11.3. The van der Waals surface area contributed by atoms with Crippen molar-refractivity contribution in [3.63, 3.8) is 0 Å². The summed E-state index contributed by atoms with van der Waals surface area (Å²) in [5.41, 5.74) is 16.3. The molecule has 8 rings (SSSR count). The van der Waals surface area contributed by atoms with Crippen molar-refractivity contribution in [1.82, 2.24) is 0 Å². The van der Waals surface area contributed by atoms with Crippen LogP contribution in [-0.4, -0.2) is 6.71 Å². The number of aryl methyl sites for hydroxylation is 6. The lowest BCUT2D eigenvalue weighted by Gasteiger charge is -2.28. The van der Waals surface area contributed by atoms with Crippen LogP contribution in [0.4, 0.5) is 0 Å². The Morgan fingerprint density at radius 3 is 1.53 bits per heavy atom. The number of hydrogen-bond acceptors (Lipinski definition) is 0. The quantitative estimate of drug-likeness (QED) is 0.134. The fraction of sp³-hybridized carbons (Fsp3) is 0.208. The zero-order valence-corrected chi connectivity index (χ0v) is 30.5. The highest BCUT2D eigenvalue weighted by atomic mass is 14.2. The molecule has 240 valence electrons. The molecular weight excluding hydrogens is 587 g/mol. The van der Waals surface area contributed by atoms with E-state index in [1.165, 1.54) is 110 Å². The highest BCUT2D eigenvalue weighted by Crippen LogP contribution is 2.42. The van der Waals surface area contributed by atoms with Gasteiger partial charge in [0.2, 0.25) is 6.71 Å². The highest BCUT2D eigenvalue weighted by molar-refractivity contribution is 6.98. The van der Waals surface area contributed by atoms with Crippen molar-refractivity contribution >= 4 is 66.2 Å². The molecule has 0 radical (unpaired) electrons. The van der Waals surface area contributed by atoms with Gasteiger partial charge in [0.25, 0.3) is 0 Å². The van der Waals surface area contributed by atoms with Crippen molar-refractivity contribution in [2.45, 2.75) is 67.7 Å². The number of hydrogen-bond donors (Lipinski definition) is 0. The van der Waals surface area contributed by atoms with Gasteiger partial charge in [-0.2, -0.15) is 0 Å². The molecule has 0 nitrogen and oxygen atoms in total. The first-order valence-corrected chi connectivity index (χ1v) is 17.8. The molecule has 0 amide bonds. The number of rotatable bonds is 4. The van der Waals surface area contributed by atoms with E-state index in [2.05, 4.69) is 172 Å². The van der Waals surface area contributed by atoms with Crippen LogP contribution >= 0.6 is 0 Å². The monoisotopic (exact) mass is 632 g/mol. The maximum atomic E-state index is 2.56. The predicted molar refractivity (Wildman–Crippen MR) is 218 cm³/mol. The first-order valence-electron chi connectivity index (χ1n) is 17.8. The highest BCUT2D eigenvalue weighted by Gasteiger charge is 2.32. The summed E-state index contributed by atoms with van der Waals surface area (Å²) >= 11 is 0. The van der Waals surface area contributed by atoms with E-state index in [1.807, 2.05) is 0 Å². The van der Waals surface area contributed by atoms with Crippen LogP contribution in [0.1, 0.15) is 59.7 Å². The Bertz CT molecular complexity index is 2470. The minimum atomic E-state index is 0.0653. The molecule has 0 aliphatic carbocycles. The SMILES string of the molecule is Cc1cc(C)c(B(c2c(C)cc(C)cc2C)c2cc(-c3cccc4ccccc34)c3ccc4cc(C(C)(C)C)cc5ccc2c3c54)c(C)c1. The van der Waals surface area contributed by atoms with Crippen LogP contribution in [0.5, 0.6) is 0 Å². The molecule has 8 aromatic carbocycles. The van der Waals surface area contributed by atoms with Gasteiger partial charge in [-0.3, -0.25) is 0 Å². The van der Waals surface area contributed by atoms with E-state index < -0.39 is 0 Å². The Balaban J connectivity index is 1.59. The van der Waals surface area contributed by atoms with Gasteiger partial charge in [-0.1, -0.05) is 180 Å². The van der Waals surface area contributed by atoms with Crippen LogP contribution < -0.4 is 16.4 Å². The summed E-state index contributed by atoms with van der Waals surface area (Å²) in [6.45, 7) is 20.7. The zero-order valence-electron chi connectivity index (χ0n) is 30.5. The van der Waals surface area contributed by atoms with E-state index in [0.29, 0.717) is 0 Å². The molecule has 0 fully saturated rings. The van der Waals surface area contributed by atoms with E-state index in [0.717, 1.165) is 0 Å². The third-order valence-corrected chi connectivity index (χ3v) is 11.1. The van der Waals surface area contributed by atoms with Gasteiger partial charge in [0.05, 0.1) is 0 Å². The molecule has 0 saturated heterocycles. The lowest BCUT2D eigenvalue weighted by Crippen LogP contribution is -2.56. The van der Waals surface area contributed by atoms with Crippen LogP contribution in [0.2, 0.25) is 0 Å². The Labute approximate surface area is 292 Å². The van der Waals surface area contributed by atoms with E-state index >= 15 is 0 Å². The fourth-order valence-corrected chi connectivity index (χ4v) is 9.05. The van der Waals surface area contributed by atoms with Crippen LogP contribution in [0.3, 0.4) is 0 Å². The van der Waals surface area contributed by atoms with Crippen molar-refractivity contribution in [3.05, 3.63) is 148 Å². The average Bonchev–Trinajstić information content (AvgIpc) is 3.04. The molecule has 0 atom stereocenters. The summed E-state index contributed by atoms with van der Waals surface area (Å²) in [7, 11) is 0. The number of benzene rings is 8. The molecular formula is C48H45B. The standard InChI is InChI=1S/C48H45B/c1-28-21-30(3)46(31(4)22-28)49(47-32(5)23-29(2)24-33(47)6)43-27-42(39-16-12-14-34-13-10-11-15-38(34)39)40-19-17-35-25-37(48(7,8)9)26-36-18-20-41(43)45(40)44(35)36/h10-27H,1-9H3. The van der Waals surface area contributed by atoms with Crippen molar-refractivity contribution in [2.24, 2.45) is 0 Å². The Kier molecular flexibility index (Phi) is 7.27. The van der Waals surface area contributed by atoms with Gasteiger partial charge < -0.3 is 0 Å². The lowest BCUT2D eigenvalue weighted by molar-refractivity contribution is 0.591. The molecule has 0 aromatic heterocycles. The van der Waals surface area contributed by atoms with Crippen molar-refractivity contribution in [1.29, 1.82) is 0 Å². The van der Waals surface area contributed by atoms with E-state index in [1.54, 1.807) is 0 Å². The van der Waals surface area contributed by atoms with Crippen molar-refractivity contribution in [2.75, 3.05) is 0 Å². The summed E-state index contributed by atoms with van der Waals surface area (Å²) < 4.78 is 0. The van der Waals surface area contributed by atoms with Crippen LogP contribution in [0, 0.1) is 41.5 Å². The first kappa shape index (κ1) is 31.4. The maximum Gasteiger partial charge on any atom is 0.243 e. The summed E-state index contributed by atoms with van der Waals surface area (Å²) in [6, 6.07) is 42.2. The molecule has 0 heterocycles. The molecule has 0 saturated carbocycles. The third kappa shape index (κ3) is 5.05. The largest absolute Gasteiger partial charge is 0.243 e. The van der Waals surface area contributed by atoms with Crippen molar-refractivity contribution < 1.29 is 0 Å². The predicted octanol–water partition coefficient (Wildman–Crippen LogP) is 11.1. The van der Waals surface area contributed by atoms with Gasteiger partial charge in [0.1, 0.15) is 0 Å². The van der Waals surface area contributed by atoms with Crippen LogP contribution in [0.25, 0.3) is 54.2 Å². The Morgan fingerprint density at radius 2 is 0.959 bits per heavy atom. The average molecular weight is 633 g/mol. The zero-order chi connectivity index (χ0) is 34.4. The van der Waals surface area contributed by atoms with Gasteiger partial charge in [-0.25, -0.2) is 0 Å². The minimum absolute atomic E-state index is 0.0653. The molecule has 1 heteroatoms. The van der Waals surface area contributed by atoms with E-state index in [9.17, 15) is 0 Å². The van der Waals surface area contributed by atoms with Crippen LogP contribution in [-0.2, 0) is 5.41 Å². The molecule has 49 heavy (non-hydrogen) atoms. The molecule has 8 aromatic rings. The van der Waals surface area contributed by atoms with Gasteiger partial charge >= 0.3 is 0 Å². The van der Waals surface area contributed by atoms with Gasteiger partial charge in [0, 0.05) is 0 Å². The van der Waals surface area contributed by atoms with E-state index in [4.69, 9.17) is 0 Å². The fourth-order valence-electron chi connectivity index (χ4n) is 9.05. The van der Waals surface area contributed by atoms with Gasteiger partial charge in [0.15, 0.2) is 0 Å². The summed E-state index contributed by atoms with van der Waals surface area (Å²) in [5, 5.41) is 10.6. The molecule has 0 unspecified atom stereocenters. The lowest BCUT2D eigenvalue weighted by atomic mass is 9.33. The third-order valence-electron chi connectivity index (χ3n) is 11.1. The summed E-state index contributed by atoms with van der Waals surface area (Å²) in [5.74, 6) is 0. The summed E-state index contributed by atoms with van der Waals surface area (Å²) in [4.78, 5) is 0. The second-order valence-electron chi connectivity index (χ2n) is 15.7. The smallest absolute Gasteiger partial charge is 0.0629 e. The topological polar surface area (TPSA) is 0 Å². The minimum Gasteiger partial charge on any atom is -0.0629 e. The van der Waals surface area contributed by atoms with Crippen LogP contribution in [0.15, 0.2) is 109 Å². The van der Waals surface area contributed by atoms with Crippen molar-refractivity contribution in [3.8, 4) is 11.1 Å². The van der Waals surface area contributed by atoms with Gasteiger partial charge in [-0.05, 0) is 107 Å². The van der Waals surface area contributed by atoms with E-state index in [-0.39, 0.29) is 12.1 Å². The second-order valence-corrected chi connectivity index (χ2v) is 15.7. The Hall–Kier alpha value is -4.88. The number of fused-ring (bicyclic) bond motifs is 1. The molecule has 0 aliphatic heterocycles. The molecule has 0 spiro atoms. The normalized spacial score (nSPS) is 12.2. The molecule has 0 bridgehead atoms.